The summed E-state index contributed by atoms with van der Waals surface area (Å²) in [7, 11) is 0. The molecule has 0 amide bonds. The Morgan fingerprint density at radius 2 is 2.07 bits per heavy atom. The molecule has 0 radical (unpaired) electrons. The summed E-state index contributed by atoms with van der Waals surface area (Å²) in [6.45, 7) is 0. The molecule has 70 valence electrons. The molecule has 1 heterocycles. The lowest BCUT2D eigenvalue weighted by molar-refractivity contribution is 1.19. The van der Waals surface area contributed by atoms with E-state index in [2.05, 4.69) is 9.97 Å². The molecule has 2 N–H and O–H groups in total. The first-order valence-corrected chi connectivity index (χ1v) is 4.48. The highest BCUT2D eigenvalue weighted by atomic mass is 35.5. The largest absolute Gasteiger partial charge is 0.368 e. The van der Waals surface area contributed by atoms with Crippen LogP contribution in [0.2, 0.25) is 5.02 Å². The second-order valence-electron chi connectivity index (χ2n) is 2.81. The van der Waals surface area contributed by atoms with Crippen LogP contribution >= 0.6 is 11.6 Å². The van der Waals surface area contributed by atoms with E-state index in [-0.39, 0.29) is 5.95 Å². The van der Waals surface area contributed by atoms with E-state index in [0.29, 0.717) is 5.02 Å². The highest BCUT2D eigenvalue weighted by Gasteiger charge is 2.00. The molecule has 0 fully saturated rings. The molecule has 1 aromatic carbocycles. The average molecular weight is 206 g/mol. The van der Waals surface area contributed by atoms with Crippen LogP contribution in [-0.4, -0.2) is 9.97 Å². The zero-order valence-electron chi connectivity index (χ0n) is 7.31. The van der Waals surface area contributed by atoms with E-state index >= 15 is 0 Å². The van der Waals surface area contributed by atoms with Crippen LogP contribution in [0.1, 0.15) is 0 Å². The highest BCUT2D eigenvalue weighted by molar-refractivity contribution is 6.30. The second-order valence-corrected chi connectivity index (χ2v) is 3.25. The number of hydrogen-bond acceptors (Lipinski definition) is 3. The molecule has 1 aromatic heterocycles. The normalized spacial score (nSPS) is 10.1. The summed E-state index contributed by atoms with van der Waals surface area (Å²) in [6.07, 6.45) is 1.62. The fourth-order valence-corrected chi connectivity index (χ4v) is 1.37. The van der Waals surface area contributed by atoms with Crippen LogP contribution in [0.15, 0.2) is 36.5 Å². The van der Waals surface area contributed by atoms with E-state index in [0.717, 1.165) is 11.3 Å². The molecule has 2 rings (SSSR count). The SMILES string of the molecule is Nc1nccc(-c2cccc(Cl)c2)n1. The van der Waals surface area contributed by atoms with Crippen molar-refractivity contribution in [3.8, 4) is 11.3 Å². The number of nitrogens with zero attached hydrogens (tertiary/aromatic N) is 2. The Labute approximate surface area is 86.6 Å². The first kappa shape index (κ1) is 8.97. The fraction of sp³-hybridized carbons (Fsp3) is 0. The maximum Gasteiger partial charge on any atom is 0.220 e. The number of benzene rings is 1. The Balaban J connectivity index is 2.49. The van der Waals surface area contributed by atoms with Gasteiger partial charge in [-0.2, -0.15) is 0 Å². The molecular formula is C10H8ClN3. The van der Waals surface area contributed by atoms with Gasteiger partial charge in [0.05, 0.1) is 5.69 Å². The lowest BCUT2D eigenvalue weighted by atomic mass is 10.1. The van der Waals surface area contributed by atoms with Crippen molar-refractivity contribution in [3.05, 3.63) is 41.6 Å². The third-order valence-corrected chi connectivity index (χ3v) is 2.03. The highest BCUT2D eigenvalue weighted by Crippen LogP contribution is 2.20. The third-order valence-electron chi connectivity index (χ3n) is 1.79. The first-order chi connectivity index (χ1) is 6.75. The van der Waals surface area contributed by atoms with Crippen molar-refractivity contribution in [2.24, 2.45) is 0 Å². The Morgan fingerprint density at radius 3 is 2.79 bits per heavy atom. The van der Waals surface area contributed by atoms with Gasteiger partial charge in [0, 0.05) is 16.8 Å². The molecule has 0 saturated carbocycles. The maximum absolute atomic E-state index is 5.86. The van der Waals surface area contributed by atoms with Gasteiger partial charge >= 0.3 is 0 Å². The zero-order valence-corrected chi connectivity index (χ0v) is 8.07. The summed E-state index contributed by atoms with van der Waals surface area (Å²) in [5.74, 6) is 0.266. The number of hydrogen-bond donors (Lipinski definition) is 1. The predicted molar refractivity (Wildman–Crippen MR) is 56.9 cm³/mol. The zero-order chi connectivity index (χ0) is 9.97. The van der Waals surface area contributed by atoms with Gasteiger partial charge in [-0.1, -0.05) is 23.7 Å². The van der Waals surface area contributed by atoms with E-state index in [1.807, 2.05) is 24.3 Å². The van der Waals surface area contributed by atoms with Gasteiger partial charge in [-0.3, -0.25) is 0 Å². The monoisotopic (exact) mass is 205 g/mol. The molecule has 14 heavy (non-hydrogen) atoms. The predicted octanol–water partition coefficient (Wildman–Crippen LogP) is 2.38. The number of rotatable bonds is 1. The van der Waals surface area contributed by atoms with E-state index in [4.69, 9.17) is 17.3 Å². The minimum Gasteiger partial charge on any atom is -0.368 e. The van der Waals surface area contributed by atoms with E-state index in [1.54, 1.807) is 12.3 Å². The molecular weight excluding hydrogens is 198 g/mol. The third kappa shape index (κ3) is 1.83. The van der Waals surface area contributed by atoms with Crippen LogP contribution in [0.5, 0.6) is 0 Å². The van der Waals surface area contributed by atoms with Gasteiger partial charge in [0.2, 0.25) is 5.95 Å². The minimum absolute atomic E-state index is 0.266. The Bertz CT molecular complexity index is 413. The Morgan fingerprint density at radius 1 is 1.21 bits per heavy atom. The van der Waals surface area contributed by atoms with Crippen LogP contribution in [0.25, 0.3) is 11.3 Å². The van der Waals surface area contributed by atoms with Crippen molar-refractivity contribution in [3.63, 3.8) is 0 Å². The number of aromatic nitrogens is 2. The molecule has 0 unspecified atom stereocenters. The summed E-state index contributed by atoms with van der Waals surface area (Å²) in [5.41, 5.74) is 7.19. The smallest absolute Gasteiger partial charge is 0.220 e. The Kier molecular flexibility index (Phi) is 2.33. The van der Waals surface area contributed by atoms with Crippen LogP contribution in [0.3, 0.4) is 0 Å². The van der Waals surface area contributed by atoms with Crippen molar-refractivity contribution >= 4 is 17.5 Å². The van der Waals surface area contributed by atoms with Crippen molar-refractivity contribution < 1.29 is 0 Å². The quantitative estimate of drug-likeness (QED) is 0.778. The van der Waals surface area contributed by atoms with Gasteiger partial charge in [-0.25, -0.2) is 9.97 Å². The summed E-state index contributed by atoms with van der Waals surface area (Å²) in [5, 5.41) is 0.680. The van der Waals surface area contributed by atoms with Crippen molar-refractivity contribution in [1.29, 1.82) is 0 Å². The molecule has 0 spiro atoms. The summed E-state index contributed by atoms with van der Waals surface area (Å²) < 4.78 is 0. The van der Waals surface area contributed by atoms with Crippen LogP contribution < -0.4 is 5.73 Å². The van der Waals surface area contributed by atoms with E-state index < -0.39 is 0 Å². The summed E-state index contributed by atoms with van der Waals surface area (Å²) >= 11 is 5.86. The Hall–Kier alpha value is -1.61. The fourth-order valence-electron chi connectivity index (χ4n) is 1.18. The lowest BCUT2D eigenvalue weighted by Crippen LogP contribution is -1.94. The van der Waals surface area contributed by atoms with Crippen molar-refractivity contribution in [2.75, 3.05) is 5.73 Å². The van der Waals surface area contributed by atoms with Gasteiger partial charge in [0.1, 0.15) is 0 Å². The number of nitrogens with two attached hydrogens (primary N) is 1. The molecule has 0 aliphatic heterocycles. The molecule has 4 heteroatoms. The molecule has 0 aliphatic carbocycles. The first-order valence-electron chi connectivity index (χ1n) is 4.10. The number of nitrogen functional groups attached to an aromatic ring is 1. The van der Waals surface area contributed by atoms with Gasteiger partial charge < -0.3 is 5.73 Å². The van der Waals surface area contributed by atoms with E-state index in [1.165, 1.54) is 0 Å². The van der Waals surface area contributed by atoms with Crippen LogP contribution in [0.4, 0.5) is 5.95 Å². The van der Waals surface area contributed by atoms with Gasteiger partial charge in [-0.15, -0.1) is 0 Å². The van der Waals surface area contributed by atoms with Crippen molar-refractivity contribution in [1.82, 2.24) is 9.97 Å². The summed E-state index contributed by atoms with van der Waals surface area (Å²) in [4.78, 5) is 7.91. The maximum atomic E-state index is 5.86. The molecule has 0 aliphatic rings. The topological polar surface area (TPSA) is 51.8 Å². The standard InChI is InChI=1S/C10H8ClN3/c11-8-3-1-2-7(6-8)9-4-5-13-10(12)14-9/h1-6H,(H2,12,13,14). The van der Waals surface area contributed by atoms with Crippen LogP contribution in [0, 0.1) is 0 Å². The molecule has 0 saturated heterocycles. The van der Waals surface area contributed by atoms with Gasteiger partial charge in [0.15, 0.2) is 0 Å². The lowest BCUT2D eigenvalue weighted by Gasteiger charge is -2.00. The van der Waals surface area contributed by atoms with Crippen LogP contribution in [-0.2, 0) is 0 Å². The van der Waals surface area contributed by atoms with Crippen molar-refractivity contribution in [2.45, 2.75) is 0 Å². The number of halogens is 1. The second kappa shape index (κ2) is 3.64. The summed E-state index contributed by atoms with van der Waals surface area (Å²) in [6, 6.07) is 9.24. The van der Waals surface area contributed by atoms with E-state index in [9.17, 15) is 0 Å². The molecule has 0 bridgehead atoms. The number of anilines is 1. The van der Waals surface area contributed by atoms with Gasteiger partial charge in [0.25, 0.3) is 0 Å². The van der Waals surface area contributed by atoms with Gasteiger partial charge in [-0.05, 0) is 18.2 Å². The minimum atomic E-state index is 0.266. The molecule has 0 atom stereocenters. The molecule has 2 aromatic rings. The average Bonchev–Trinajstić information content (AvgIpc) is 2.18. The molecule has 3 nitrogen and oxygen atoms in total.